The lowest BCUT2D eigenvalue weighted by atomic mass is 9.97. The quantitative estimate of drug-likeness (QED) is 0.840. The van der Waals surface area contributed by atoms with E-state index in [0.29, 0.717) is 0 Å². The van der Waals surface area contributed by atoms with Gasteiger partial charge in [-0.25, -0.2) is 4.98 Å². The third-order valence-electron chi connectivity index (χ3n) is 3.80. The molecule has 1 N–H and O–H groups in total. The number of piperidine rings is 1. The second-order valence-corrected chi connectivity index (χ2v) is 6.96. The van der Waals surface area contributed by atoms with Gasteiger partial charge in [0.15, 0.2) is 0 Å². The summed E-state index contributed by atoms with van der Waals surface area (Å²) in [6.45, 7) is 11.3. The van der Waals surface area contributed by atoms with Crippen molar-refractivity contribution in [1.29, 1.82) is 0 Å². The van der Waals surface area contributed by atoms with Crippen LogP contribution in [-0.4, -0.2) is 35.5 Å². The number of hydrogen-bond acceptors (Lipinski definition) is 5. The minimum atomic E-state index is 0.744. The van der Waals surface area contributed by atoms with Crippen molar-refractivity contribution in [2.45, 2.75) is 46.5 Å². The fourth-order valence-corrected chi connectivity index (χ4v) is 3.37. The molecule has 0 bridgehead atoms. The smallest absolute Gasteiger partial charge is 0.205 e. The molecule has 2 rings (SSSR count). The molecule has 1 saturated heterocycles. The number of aromatic nitrogens is 2. The summed E-state index contributed by atoms with van der Waals surface area (Å²) in [5.41, 5.74) is 0. The van der Waals surface area contributed by atoms with Gasteiger partial charge >= 0.3 is 0 Å². The SMILES string of the molecule is CCCc1nsc(N2CCC(CNCC(C)C)CC2)n1. The van der Waals surface area contributed by atoms with Crippen LogP contribution in [0.5, 0.6) is 0 Å². The Kier molecular flexibility index (Phi) is 6.23. The Morgan fingerprint density at radius 1 is 1.35 bits per heavy atom. The van der Waals surface area contributed by atoms with Crippen LogP contribution in [0.4, 0.5) is 5.13 Å². The summed E-state index contributed by atoms with van der Waals surface area (Å²) < 4.78 is 4.45. The molecule has 0 aromatic carbocycles. The van der Waals surface area contributed by atoms with Crippen LogP contribution < -0.4 is 10.2 Å². The minimum absolute atomic E-state index is 0.744. The highest BCUT2D eigenvalue weighted by Gasteiger charge is 2.21. The van der Waals surface area contributed by atoms with Crippen molar-refractivity contribution in [2.24, 2.45) is 11.8 Å². The Labute approximate surface area is 127 Å². The first kappa shape index (κ1) is 15.7. The number of aryl methyl sites for hydroxylation is 1. The Morgan fingerprint density at radius 2 is 2.10 bits per heavy atom. The molecule has 1 fully saturated rings. The molecule has 0 spiro atoms. The van der Waals surface area contributed by atoms with Crippen molar-refractivity contribution in [3.63, 3.8) is 0 Å². The summed E-state index contributed by atoms with van der Waals surface area (Å²) in [6.07, 6.45) is 4.67. The second-order valence-electron chi connectivity index (χ2n) is 6.23. The predicted octanol–water partition coefficient (Wildman–Crippen LogP) is 2.95. The summed E-state index contributed by atoms with van der Waals surface area (Å²) in [5.74, 6) is 2.59. The first-order chi connectivity index (χ1) is 9.69. The lowest BCUT2D eigenvalue weighted by Crippen LogP contribution is -2.37. The third-order valence-corrected chi connectivity index (χ3v) is 4.62. The summed E-state index contributed by atoms with van der Waals surface area (Å²) in [7, 11) is 0. The number of hydrogen-bond donors (Lipinski definition) is 1. The molecular formula is C15H28N4S. The van der Waals surface area contributed by atoms with Gasteiger partial charge in [0.25, 0.3) is 0 Å². The topological polar surface area (TPSA) is 41.1 Å². The zero-order chi connectivity index (χ0) is 14.4. The van der Waals surface area contributed by atoms with Crippen molar-refractivity contribution in [3.8, 4) is 0 Å². The molecule has 0 amide bonds. The van der Waals surface area contributed by atoms with E-state index in [-0.39, 0.29) is 0 Å². The van der Waals surface area contributed by atoms with Crippen molar-refractivity contribution >= 4 is 16.7 Å². The lowest BCUT2D eigenvalue weighted by molar-refractivity contribution is 0.374. The normalized spacial score (nSPS) is 17.1. The van der Waals surface area contributed by atoms with Gasteiger partial charge < -0.3 is 10.2 Å². The van der Waals surface area contributed by atoms with Crippen LogP contribution in [0.3, 0.4) is 0 Å². The van der Waals surface area contributed by atoms with E-state index < -0.39 is 0 Å². The summed E-state index contributed by atoms with van der Waals surface area (Å²) in [4.78, 5) is 7.06. The van der Waals surface area contributed by atoms with E-state index in [4.69, 9.17) is 0 Å². The van der Waals surface area contributed by atoms with E-state index in [9.17, 15) is 0 Å². The highest BCUT2D eigenvalue weighted by molar-refractivity contribution is 7.09. The van der Waals surface area contributed by atoms with E-state index in [2.05, 4.69) is 40.3 Å². The first-order valence-electron chi connectivity index (χ1n) is 7.97. The summed E-state index contributed by atoms with van der Waals surface area (Å²) >= 11 is 1.57. The van der Waals surface area contributed by atoms with Gasteiger partial charge in [-0.2, -0.15) is 4.37 Å². The Hall–Kier alpha value is -0.680. The Bertz CT molecular complexity index is 383. The molecule has 4 nitrogen and oxygen atoms in total. The molecule has 0 atom stereocenters. The van der Waals surface area contributed by atoms with E-state index in [1.807, 2.05) is 0 Å². The van der Waals surface area contributed by atoms with Crippen molar-refractivity contribution < 1.29 is 0 Å². The van der Waals surface area contributed by atoms with E-state index in [0.717, 1.165) is 55.3 Å². The fraction of sp³-hybridized carbons (Fsp3) is 0.867. The number of nitrogens with zero attached hydrogens (tertiary/aromatic N) is 3. The lowest BCUT2D eigenvalue weighted by Gasteiger charge is -2.31. The molecular weight excluding hydrogens is 268 g/mol. The molecule has 0 unspecified atom stereocenters. The average molecular weight is 296 g/mol. The molecule has 0 radical (unpaired) electrons. The van der Waals surface area contributed by atoms with Gasteiger partial charge in [0.1, 0.15) is 5.82 Å². The van der Waals surface area contributed by atoms with E-state index >= 15 is 0 Å². The number of anilines is 1. The molecule has 1 aliphatic heterocycles. The van der Waals surface area contributed by atoms with E-state index in [1.165, 1.54) is 19.4 Å². The van der Waals surface area contributed by atoms with Crippen LogP contribution in [0, 0.1) is 11.8 Å². The van der Waals surface area contributed by atoms with Crippen molar-refractivity contribution in [3.05, 3.63) is 5.82 Å². The monoisotopic (exact) mass is 296 g/mol. The Morgan fingerprint density at radius 3 is 2.75 bits per heavy atom. The maximum absolute atomic E-state index is 4.65. The minimum Gasteiger partial charge on any atom is -0.347 e. The molecule has 5 heteroatoms. The van der Waals surface area contributed by atoms with Crippen LogP contribution in [0.2, 0.25) is 0 Å². The summed E-state index contributed by atoms with van der Waals surface area (Å²) in [6, 6.07) is 0. The molecule has 0 saturated carbocycles. The maximum Gasteiger partial charge on any atom is 0.205 e. The first-order valence-corrected chi connectivity index (χ1v) is 8.74. The van der Waals surface area contributed by atoms with Crippen LogP contribution in [-0.2, 0) is 6.42 Å². The van der Waals surface area contributed by atoms with Gasteiger partial charge in [-0.15, -0.1) is 0 Å². The zero-order valence-corrected chi connectivity index (χ0v) is 13.9. The van der Waals surface area contributed by atoms with Crippen LogP contribution in [0.25, 0.3) is 0 Å². The van der Waals surface area contributed by atoms with Crippen LogP contribution in [0.1, 0.15) is 45.9 Å². The molecule has 1 aromatic heterocycles. The van der Waals surface area contributed by atoms with E-state index in [1.54, 1.807) is 11.5 Å². The summed E-state index contributed by atoms with van der Waals surface area (Å²) in [5, 5.41) is 4.71. The van der Waals surface area contributed by atoms with Gasteiger partial charge in [0.05, 0.1) is 0 Å². The molecule has 1 aliphatic rings. The van der Waals surface area contributed by atoms with Crippen molar-refractivity contribution in [1.82, 2.24) is 14.7 Å². The van der Waals surface area contributed by atoms with Gasteiger partial charge in [-0.1, -0.05) is 20.8 Å². The van der Waals surface area contributed by atoms with Gasteiger partial charge in [0.2, 0.25) is 5.13 Å². The maximum atomic E-state index is 4.65. The van der Waals surface area contributed by atoms with Gasteiger partial charge in [0, 0.05) is 31.0 Å². The largest absolute Gasteiger partial charge is 0.347 e. The Balaban J connectivity index is 1.73. The highest BCUT2D eigenvalue weighted by atomic mass is 32.1. The molecule has 1 aromatic rings. The number of nitrogens with one attached hydrogen (secondary N) is 1. The second kappa shape index (κ2) is 7.93. The fourth-order valence-electron chi connectivity index (χ4n) is 2.60. The number of rotatable bonds is 7. The molecule has 0 aliphatic carbocycles. The van der Waals surface area contributed by atoms with Gasteiger partial charge in [-0.05, 0) is 44.2 Å². The molecule has 20 heavy (non-hydrogen) atoms. The van der Waals surface area contributed by atoms with Crippen molar-refractivity contribution in [2.75, 3.05) is 31.1 Å². The molecule has 2 heterocycles. The predicted molar refractivity (Wildman–Crippen MR) is 86.5 cm³/mol. The highest BCUT2D eigenvalue weighted by Crippen LogP contribution is 2.24. The standard InChI is InChI=1S/C15H28N4S/c1-4-5-14-17-15(20-18-14)19-8-6-13(7-9-19)11-16-10-12(2)3/h12-13,16H,4-11H2,1-3H3. The van der Waals surface area contributed by atoms with Gasteiger partial charge in [-0.3, -0.25) is 0 Å². The molecule has 114 valence electrons. The zero-order valence-electron chi connectivity index (χ0n) is 13.1. The third kappa shape index (κ3) is 4.70. The average Bonchev–Trinajstić information content (AvgIpc) is 2.88. The van der Waals surface area contributed by atoms with Crippen LogP contribution >= 0.6 is 11.5 Å². The van der Waals surface area contributed by atoms with Crippen LogP contribution in [0.15, 0.2) is 0 Å².